The number of nitrogens with one attached hydrogen (secondary N) is 1. The third kappa shape index (κ3) is 2.88. The molecule has 0 aliphatic heterocycles. The molecule has 18 heavy (non-hydrogen) atoms. The predicted octanol–water partition coefficient (Wildman–Crippen LogP) is 3.18. The van der Waals surface area contributed by atoms with E-state index in [1.165, 1.54) is 19.3 Å². The first-order chi connectivity index (χ1) is 8.50. The van der Waals surface area contributed by atoms with Crippen LogP contribution in [-0.2, 0) is 6.54 Å². The van der Waals surface area contributed by atoms with E-state index >= 15 is 0 Å². The van der Waals surface area contributed by atoms with Crippen LogP contribution in [0.3, 0.4) is 0 Å². The van der Waals surface area contributed by atoms with Gasteiger partial charge >= 0.3 is 0 Å². The lowest BCUT2D eigenvalue weighted by molar-refractivity contribution is -0.385. The van der Waals surface area contributed by atoms with E-state index < -0.39 is 0 Å². The number of nitro groups is 1. The number of nitro benzene ring substituents is 1. The average Bonchev–Trinajstić information content (AvgIpc) is 2.28. The van der Waals surface area contributed by atoms with E-state index in [1.54, 1.807) is 13.0 Å². The van der Waals surface area contributed by atoms with Crippen molar-refractivity contribution >= 4 is 5.69 Å². The van der Waals surface area contributed by atoms with Crippen molar-refractivity contribution in [1.82, 2.24) is 5.32 Å². The lowest BCUT2D eigenvalue weighted by Crippen LogP contribution is -2.36. The minimum Gasteiger partial charge on any atom is -0.312 e. The number of nitrogens with zero attached hydrogens (tertiary/aromatic N) is 1. The Kier molecular flexibility index (Phi) is 3.66. The van der Waals surface area contributed by atoms with Crippen LogP contribution in [0.1, 0.15) is 37.3 Å². The number of hydrogen-bond donors (Lipinski definition) is 1. The van der Waals surface area contributed by atoms with Gasteiger partial charge in [0.2, 0.25) is 0 Å². The van der Waals surface area contributed by atoms with Crippen molar-refractivity contribution in [2.75, 3.05) is 6.54 Å². The van der Waals surface area contributed by atoms with Crippen molar-refractivity contribution in [2.45, 2.75) is 39.7 Å². The first kappa shape index (κ1) is 13.0. The molecule has 1 aromatic carbocycles. The quantitative estimate of drug-likeness (QED) is 0.643. The third-order valence-electron chi connectivity index (χ3n) is 3.91. The molecule has 0 atom stereocenters. The van der Waals surface area contributed by atoms with Gasteiger partial charge in [-0.1, -0.05) is 25.5 Å². The van der Waals surface area contributed by atoms with Gasteiger partial charge in [0.05, 0.1) is 4.92 Å². The summed E-state index contributed by atoms with van der Waals surface area (Å²) in [6, 6.07) is 5.45. The fourth-order valence-corrected chi connectivity index (χ4v) is 2.43. The van der Waals surface area contributed by atoms with Crippen molar-refractivity contribution in [1.29, 1.82) is 0 Å². The van der Waals surface area contributed by atoms with E-state index in [1.807, 2.05) is 12.1 Å². The van der Waals surface area contributed by atoms with Gasteiger partial charge in [-0.05, 0) is 30.7 Å². The molecule has 0 aromatic heterocycles. The summed E-state index contributed by atoms with van der Waals surface area (Å²) in [5.74, 6) is 0. The molecule has 1 fully saturated rings. The molecule has 1 aliphatic carbocycles. The Morgan fingerprint density at radius 2 is 2.17 bits per heavy atom. The van der Waals surface area contributed by atoms with Crippen LogP contribution < -0.4 is 5.32 Å². The summed E-state index contributed by atoms with van der Waals surface area (Å²) >= 11 is 0. The van der Waals surface area contributed by atoms with Crippen LogP contribution >= 0.6 is 0 Å². The normalized spacial score (nSPS) is 17.2. The molecule has 0 amide bonds. The van der Waals surface area contributed by atoms with Crippen LogP contribution in [0.4, 0.5) is 5.69 Å². The second kappa shape index (κ2) is 5.06. The van der Waals surface area contributed by atoms with E-state index in [0.29, 0.717) is 12.0 Å². The largest absolute Gasteiger partial charge is 0.312 e. The highest BCUT2D eigenvalue weighted by Gasteiger charge is 2.30. The summed E-state index contributed by atoms with van der Waals surface area (Å²) in [5, 5.41) is 14.3. The zero-order chi connectivity index (χ0) is 13.2. The Morgan fingerprint density at radius 1 is 1.44 bits per heavy atom. The van der Waals surface area contributed by atoms with Crippen molar-refractivity contribution in [2.24, 2.45) is 5.41 Å². The van der Waals surface area contributed by atoms with Gasteiger partial charge in [-0.2, -0.15) is 0 Å². The highest BCUT2D eigenvalue weighted by molar-refractivity contribution is 5.42. The highest BCUT2D eigenvalue weighted by Crippen LogP contribution is 2.39. The van der Waals surface area contributed by atoms with Crippen LogP contribution in [0.2, 0.25) is 0 Å². The lowest BCUT2D eigenvalue weighted by atomic mass is 9.70. The Bertz CT molecular complexity index is 453. The molecule has 1 N–H and O–H groups in total. The Hall–Kier alpha value is -1.42. The number of hydrogen-bond acceptors (Lipinski definition) is 3. The first-order valence-corrected chi connectivity index (χ1v) is 6.45. The number of aryl methyl sites for hydroxylation is 1. The fraction of sp³-hybridized carbons (Fsp3) is 0.571. The summed E-state index contributed by atoms with van der Waals surface area (Å²) in [4.78, 5) is 10.5. The number of benzene rings is 1. The maximum Gasteiger partial charge on any atom is 0.272 e. The summed E-state index contributed by atoms with van der Waals surface area (Å²) < 4.78 is 0. The zero-order valence-corrected chi connectivity index (χ0v) is 11.0. The monoisotopic (exact) mass is 248 g/mol. The van der Waals surface area contributed by atoms with Gasteiger partial charge in [-0.3, -0.25) is 10.1 Å². The molecule has 0 heterocycles. The molecule has 0 saturated heterocycles. The molecule has 0 spiro atoms. The van der Waals surface area contributed by atoms with Crippen LogP contribution in [0.25, 0.3) is 0 Å². The lowest BCUT2D eigenvalue weighted by Gasteiger charge is -2.38. The SMILES string of the molecule is Cc1ccc(CNCC2(C)CCC2)cc1[N+](=O)[O-]. The fourth-order valence-electron chi connectivity index (χ4n) is 2.43. The first-order valence-electron chi connectivity index (χ1n) is 6.45. The van der Waals surface area contributed by atoms with Crippen LogP contribution in [0.5, 0.6) is 0 Å². The molecular formula is C14H20N2O2. The standard InChI is InChI=1S/C14H20N2O2/c1-11-4-5-12(8-13(11)16(17)18)9-15-10-14(2)6-3-7-14/h4-5,8,15H,3,6-7,9-10H2,1-2H3. The highest BCUT2D eigenvalue weighted by atomic mass is 16.6. The average molecular weight is 248 g/mol. The van der Waals surface area contributed by atoms with Gasteiger partial charge in [0.25, 0.3) is 5.69 Å². The maximum absolute atomic E-state index is 10.8. The van der Waals surface area contributed by atoms with Crippen molar-refractivity contribution in [3.63, 3.8) is 0 Å². The minimum atomic E-state index is -0.313. The predicted molar refractivity (Wildman–Crippen MR) is 71.5 cm³/mol. The molecule has 4 heteroatoms. The van der Waals surface area contributed by atoms with E-state index in [9.17, 15) is 10.1 Å². The minimum absolute atomic E-state index is 0.212. The van der Waals surface area contributed by atoms with Gasteiger partial charge in [-0.25, -0.2) is 0 Å². The maximum atomic E-state index is 10.8. The van der Waals surface area contributed by atoms with Gasteiger partial charge in [0, 0.05) is 24.7 Å². The molecule has 1 aromatic rings. The van der Waals surface area contributed by atoms with Crippen LogP contribution in [0, 0.1) is 22.5 Å². The Morgan fingerprint density at radius 3 is 2.72 bits per heavy atom. The van der Waals surface area contributed by atoms with Gasteiger partial charge in [0.15, 0.2) is 0 Å². The molecule has 0 unspecified atom stereocenters. The third-order valence-corrected chi connectivity index (χ3v) is 3.91. The van der Waals surface area contributed by atoms with Gasteiger partial charge in [-0.15, -0.1) is 0 Å². The molecule has 2 rings (SSSR count). The summed E-state index contributed by atoms with van der Waals surface area (Å²) in [6.45, 7) is 5.76. The molecular weight excluding hydrogens is 228 g/mol. The van der Waals surface area contributed by atoms with Crippen LogP contribution in [-0.4, -0.2) is 11.5 Å². The topological polar surface area (TPSA) is 55.2 Å². The van der Waals surface area contributed by atoms with Crippen LogP contribution in [0.15, 0.2) is 18.2 Å². The Labute approximate surface area is 108 Å². The van der Waals surface area contributed by atoms with E-state index in [-0.39, 0.29) is 10.6 Å². The van der Waals surface area contributed by atoms with E-state index in [0.717, 1.165) is 17.7 Å². The summed E-state index contributed by atoms with van der Waals surface area (Å²) in [7, 11) is 0. The van der Waals surface area contributed by atoms with E-state index in [4.69, 9.17) is 0 Å². The van der Waals surface area contributed by atoms with Gasteiger partial charge < -0.3 is 5.32 Å². The summed E-state index contributed by atoms with van der Waals surface area (Å²) in [5.41, 5.74) is 2.35. The molecule has 0 bridgehead atoms. The molecule has 4 nitrogen and oxygen atoms in total. The van der Waals surface area contributed by atoms with E-state index in [2.05, 4.69) is 12.2 Å². The Balaban J connectivity index is 1.93. The van der Waals surface area contributed by atoms with Crippen molar-refractivity contribution in [3.8, 4) is 0 Å². The second-order valence-electron chi connectivity index (χ2n) is 5.65. The van der Waals surface area contributed by atoms with Crippen molar-refractivity contribution < 1.29 is 4.92 Å². The molecule has 1 saturated carbocycles. The molecule has 1 aliphatic rings. The second-order valence-corrected chi connectivity index (χ2v) is 5.65. The van der Waals surface area contributed by atoms with Gasteiger partial charge in [0.1, 0.15) is 0 Å². The van der Waals surface area contributed by atoms with Crippen molar-refractivity contribution in [3.05, 3.63) is 39.4 Å². The zero-order valence-electron chi connectivity index (χ0n) is 11.0. The summed E-state index contributed by atoms with van der Waals surface area (Å²) in [6.07, 6.45) is 3.90. The number of rotatable bonds is 5. The molecule has 0 radical (unpaired) electrons. The smallest absolute Gasteiger partial charge is 0.272 e. The molecule has 98 valence electrons.